The molecule has 0 heteroatoms. The lowest BCUT2D eigenvalue weighted by atomic mass is 9.90. The highest BCUT2D eigenvalue weighted by atomic mass is 14.1. The molecule has 1 radical (unpaired) electrons. The summed E-state index contributed by atoms with van der Waals surface area (Å²) in [7, 11) is 0. The van der Waals surface area contributed by atoms with Crippen LogP contribution in [0.3, 0.4) is 0 Å². The smallest absolute Gasteiger partial charge is 0.0414 e. The van der Waals surface area contributed by atoms with Crippen LogP contribution in [0.2, 0.25) is 0 Å². The van der Waals surface area contributed by atoms with Crippen LogP contribution in [0.1, 0.15) is 117 Å². The van der Waals surface area contributed by atoms with Crippen molar-refractivity contribution in [1.29, 1.82) is 0 Å². The molecule has 0 rings (SSSR count). The van der Waals surface area contributed by atoms with Crippen molar-refractivity contribution in [1.82, 2.24) is 0 Å². The van der Waals surface area contributed by atoms with Gasteiger partial charge in [0.15, 0.2) is 0 Å². The first-order valence-corrected chi connectivity index (χ1v) is 9.64. The Kier molecular flexibility index (Phi) is 17.1. The van der Waals surface area contributed by atoms with Gasteiger partial charge in [0.1, 0.15) is 0 Å². The lowest BCUT2D eigenvalue weighted by molar-refractivity contribution is 0.373. The van der Waals surface area contributed by atoms with Crippen molar-refractivity contribution in [2.75, 3.05) is 0 Å². The molecule has 0 N–H and O–H groups in total. The van der Waals surface area contributed by atoms with Crippen molar-refractivity contribution in [3.63, 3.8) is 0 Å². The van der Waals surface area contributed by atoms with Gasteiger partial charge in [-0.05, 0) is 5.92 Å². The Morgan fingerprint density at radius 1 is 0.550 bits per heavy atom. The first-order chi connectivity index (χ1) is 9.85. The van der Waals surface area contributed by atoms with Gasteiger partial charge >= 0.3 is 0 Å². The molecule has 0 aromatic carbocycles. The van der Waals surface area contributed by atoms with Crippen molar-refractivity contribution in [2.45, 2.75) is 117 Å². The topological polar surface area (TPSA) is 0 Å². The van der Waals surface area contributed by atoms with E-state index in [1.807, 2.05) is 0 Å². The molecule has 0 nitrogen and oxygen atoms in total. The fourth-order valence-corrected chi connectivity index (χ4v) is 3.12. The third-order valence-electron chi connectivity index (χ3n) is 4.54. The molecule has 0 aliphatic heterocycles. The third kappa shape index (κ3) is 14.4. The number of hydrogen-bond donors (Lipinski definition) is 0. The zero-order valence-electron chi connectivity index (χ0n) is 14.6. The van der Waals surface area contributed by atoms with Gasteiger partial charge in [0.05, 0.1) is 0 Å². The molecular weight excluding hydrogens is 240 g/mol. The van der Waals surface area contributed by atoms with Crippen LogP contribution >= 0.6 is 0 Å². The van der Waals surface area contributed by atoms with E-state index < -0.39 is 0 Å². The molecule has 0 amide bonds. The van der Waals surface area contributed by atoms with E-state index in [9.17, 15) is 0 Å². The standard InChI is InChI=1S/C20H41/c1-4-7-10-12-14-16-19-20(17-9-6-3)18-15-13-11-8-5-2/h20H,3-19H2,1-2H3. The van der Waals surface area contributed by atoms with Crippen LogP contribution in [0.25, 0.3) is 0 Å². The molecule has 0 saturated carbocycles. The minimum Gasteiger partial charge on any atom is -0.0654 e. The average molecular weight is 282 g/mol. The van der Waals surface area contributed by atoms with Crippen molar-refractivity contribution < 1.29 is 0 Å². The van der Waals surface area contributed by atoms with Gasteiger partial charge < -0.3 is 0 Å². The summed E-state index contributed by atoms with van der Waals surface area (Å²) >= 11 is 0. The zero-order chi connectivity index (χ0) is 14.9. The van der Waals surface area contributed by atoms with Crippen molar-refractivity contribution in [2.24, 2.45) is 5.92 Å². The Morgan fingerprint density at radius 3 is 1.40 bits per heavy atom. The minimum absolute atomic E-state index is 1.00. The largest absolute Gasteiger partial charge is 0.0654 e. The summed E-state index contributed by atoms with van der Waals surface area (Å²) in [5.41, 5.74) is 0. The van der Waals surface area contributed by atoms with E-state index in [1.165, 1.54) is 96.3 Å². The molecule has 20 heavy (non-hydrogen) atoms. The molecule has 121 valence electrons. The molecule has 1 atom stereocenters. The van der Waals surface area contributed by atoms with Gasteiger partial charge in [-0.2, -0.15) is 0 Å². The predicted molar refractivity (Wildman–Crippen MR) is 94.1 cm³/mol. The van der Waals surface area contributed by atoms with Gasteiger partial charge in [-0.15, -0.1) is 0 Å². The molecule has 0 fully saturated rings. The highest BCUT2D eigenvalue weighted by molar-refractivity contribution is 4.62. The molecular formula is C20H41. The predicted octanol–water partition coefficient (Wildman–Crippen LogP) is 7.72. The fraction of sp³-hybridized carbons (Fsp3) is 0.950. The molecule has 1 unspecified atom stereocenters. The fourth-order valence-electron chi connectivity index (χ4n) is 3.12. The molecule has 0 aliphatic rings. The van der Waals surface area contributed by atoms with Crippen LogP contribution in [0.15, 0.2) is 0 Å². The van der Waals surface area contributed by atoms with Gasteiger partial charge in [0.2, 0.25) is 0 Å². The van der Waals surface area contributed by atoms with E-state index >= 15 is 0 Å². The normalized spacial score (nSPS) is 12.8. The highest BCUT2D eigenvalue weighted by Gasteiger charge is 2.07. The first kappa shape index (κ1) is 20.0. The molecule has 0 heterocycles. The Bertz CT molecular complexity index is 161. The van der Waals surface area contributed by atoms with Gasteiger partial charge in [0, 0.05) is 0 Å². The van der Waals surface area contributed by atoms with E-state index in [1.54, 1.807) is 0 Å². The second-order valence-corrected chi connectivity index (χ2v) is 6.62. The third-order valence-corrected chi connectivity index (χ3v) is 4.54. The Morgan fingerprint density at radius 2 is 0.950 bits per heavy atom. The second-order valence-electron chi connectivity index (χ2n) is 6.62. The van der Waals surface area contributed by atoms with Gasteiger partial charge in [-0.25, -0.2) is 0 Å². The summed E-state index contributed by atoms with van der Waals surface area (Å²) in [5, 5.41) is 0. The van der Waals surface area contributed by atoms with E-state index in [0.717, 1.165) is 12.3 Å². The van der Waals surface area contributed by atoms with Gasteiger partial charge in [0.25, 0.3) is 0 Å². The Labute approximate surface area is 130 Å². The average Bonchev–Trinajstić information content (AvgIpc) is 2.47. The Hall–Kier alpha value is 0. The van der Waals surface area contributed by atoms with E-state index in [4.69, 9.17) is 0 Å². The van der Waals surface area contributed by atoms with Crippen LogP contribution in [0, 0.1) is 12.8 Å². The lowest BCUT2D eigenvalue weighted by Gasteiger charge is -2.16. The molecule has 0 aromatic rings. The molecule has 0 spiro atoms. The summed E-state index contributed by atoms with van der Waals surface area (Å²) in [4.78, 5) is 0. The Balaban J connectivity index is 3.56. The van der Waals surface area contributed by atoms with Crippen molar-refractivity contribution in [3.05, 3.63) is 6.92 Å². The van der Waals surface area contributed by atoms with E-state index in [0.29, 0.717) is 0 Å². The van der Waals surface area contributed by atoms with Crippen LogP contribution in [0.4, 0.5) is 0 Å². The SMILES string of the molecule is [CH2]CCCC(CCCCCCC)CCCCCCCC. The maximum absolute atomic E-state index is 4.01. The van der Waals surface area contributed by atoms with E-state index in [2.05, 4.69) is 20.8 Å². The quantitative estimate of drug-likeness (QED) is 0.254. The number of hydrogen-bond acceptors (Lipinski definition) is 0. The van der Waals surface area contributed by atoms with Crippen molar-refractivity contribution >= 4 is 0 Å². The maximum atomic E-state index is 4.01. The first-order valence-electron chi connectivity index (χ1n) is 9.64. The van der Waals surface area contributed by atoms with E-state index in [-0.39, 0.29) is 0 Å². The minimum atomic E-state index is 1.00. The summed E-state index contributed by atoms with van der Waals surface area (Å²) in [6.45, 7) is 8.61. The van der Waals surface area contributed by atoms with Gasteiger partial charge in [-0.1, -0.05) is 124 Å². The highest BCUT2D eigenvalue weighted by Crippen LogP contribution is 2.23. The van der Waals surface area contributed by atoms with Crippen LogP contribution in [-0.4, -0.2) is 0 Å². The van der Waals surface area contributed by atoms with Crippen molar-refractivity contribution in [3.8, 4) is 0 Å². The monoisotopic (exact) mass is 281 g/mol. The zero-order valence-corrected chi connectivity index (χ0v) is 14.6. The summed E-state index contributed by atoms with van der Waals surface area (Å²) < 4.78 is 0. The van der Waals surface area contributed by atoms with Crippen LogP contribution < -0.4 is 0 Å². The lowest BCUT2D eigenvalue weighted by Crippen LogP contribution is -2.01. The van der Waals surface area contributed by atoms with Crippen LogP contribution in [0.5, 0.6) is 0 Å². The summed E-state index contributed by atoms with van der Waals surface area (Å²) in [6, 6.07) is 0. The maximum Gasteiger partial charge on any atom is -0.0414 e. The molecule has 0 saturated heterocycles. The van der Waals surface area contributed by atoms with Gasteiger partial charge in [-0.3, -0.25) is 0 Å². The molecule has 0 bridgehead atoms. The summed E-state index contributed by atoms with van der Waals surface area (Å²) in [5.74, 6) is 1.00. The number of unbranched alkanes of at least 4 members (excludes halogenated alkanes) is 10. The molecule has 0 aromatic heterocycles. The number of rotatable bonds is 16. The van der Waals surface area contributed by atoms with Crippen LogP contribution in [-0.2, 0) is 0 Å². The molecule has 0 aliphatic carbocycles. The summed E-state index contributed by atoms with van der Waals surface area (Å²) in [6.07, 6.45) is 22.7. The second kappa shape index (κ2) is 17.1.